The van der Waals surface area contributed by atoms with E-state index < -0.39 is 30.0 Å². The number of fused-ring (bicyclic) bond motifs is 3. The number of rotatable bonds is 8. The number of aromatic hydroxyl groups is 1. The van der Waals surface area contributed by atoms with Crippen LogP contribution < -0.4 is 4.90 Å². The van der Waals surface area contributed by atoms with Crippen molar-refractivity contribution in [3.8, 4) is 5.75 Å². The Balaban J connectivity index is 1.40. The van der Waals surface area contributed by atoms with Crippen LogP contribution in [0.25, 0.3) is 6.08 Å². The topological polar surface area (TPSA) is 130 Å². The third-order valence-electron chi connectivity index (χ3n) is 8.29. The van der Waals surface area contributed by atoms with Gasteiger partial charge < -0.3 is 14.8 Å². The number of hydrogen-bond donors (Lipinski definition) is 2. The van der Waals surface area contributed by atoms with Crippen LogP contribution in [-0.2, 0) is 14.2 Å². The smallest absolute Gasteiger partial charge is 0.455 e. The number of hydrogen-bond acceptors (Lipinski definition) is 7. The van der Waals surface area contributed by atoms with Crippen LogP contribution in [0.3, 0.4) is 0 Å². The van der Waals surface area contributed by atoms with Gasteiger partial charge in [-0.05, 0) is 74.2 Å². The van der Waals surface area contributed by atoms with Crippen molar-refractivity contribution in [2.45, 2.75) is 58.4 Å². The third-order valence-corrected chi connectivity index (χ3v) is 8.29. The van der Waals surface area contributed by atoms with Gasteiger partial charge in [-0.15, -0.1) is 0 Å². The molecule has 5 rings (SSSR count). The molecule has 4 atom stereocenters. The third kappa shape index (κ3) is 5.33. The zero-order valence-electron chi connectivity index (χ0n) is 22.7. The Morgan fingerprint density at radius 2 is 1.93 bits per heavy atom. The average molecular weight is 544 g/mol. The summed E-state index contributed by atoms with van der Waals surface area (Å²) in [4.78, 5) is 39.1. The minimum atomic E-state index is -1.07. The summed E-state index contributed by atoms with van der Waals surface area (Å²) in [6, 6.07) is 12.7. The lowest BCUT2D eigenvalue weighted by molar-refractivity contribution is -0.384. The molecule has 2 N–H and O–H groups in total. The maximum Gasteiger partial charge on any atom is 0.455 e. The molecule has 3 aliphatic rings. The van der Waals surface area contributed by atoms with Crippen molar-refractivity contribution in [3.05, 3.63) is 80.9 Å². The van der Waals surface area contributed by atoms with Crippen molar-refractivity contribution >= 4 is 36.4 Å². The van der Waals surface area contributed by atoms with Crippen LogP contribution in [0, 0.1) is 27.9 Å². The van der Waals surface area contributed by atoms with Crippen LogP contribution in [0.5, 0.6) is 5.75 Å². The molecule has 10 heteroatoms. The van der Waals surface area contributed by atoms with Gasteiger partial charge in [0.1, 0.15) is 5.75 Å². The Hall–Kier alpha value is -3.76. The Kier molecular flexibility index (Phi) is 7.91. The second kappa shape index (κ2) is 11.4. The fourth-order valence-electron chi connectivity index (χ4n) is 6.68. The van der Waals surface area contributed by atoms with E-state index in [4.69, 9.17) is 4.65 Å². The molecule has 208 valence electrons. The van der Waals surface area contributed by atoms with Gasteiger partial charge in [0.2, 0.25) is 11.8 Å². The van der Waals surface area contributed by atoms with Gasteiger partial charge in [-0.2, -0.15) is 0 Å². The molecule has 2 aromatic carbocycles. The lowest BCUT2D eigenvalue weighted by Crippen LogP contribution is -2.46. The lowest BCUT2D eigenvalue weighted by Gasteiger charge is -2.42. The van der Waals surface area contributed by atoms with Crippen molar-refractivity contribution in [1.82, 2.24) is 0 Å². The Labute approximate surface area is 233 Å². The molecule has 0 saturated carbocycles. The molecule has 2 saturated heterocycles. The predicted octanol–water partition coefficient (Wildman–Crippen LogP) is 5.29. The Morgan fingerprint density at radius 1 is 1.15 bits per heavy atom. The van der Waals surface area contributed by atoms with Gasteiger partial charge >= 0.3 is 7.12 Å². The zero-order valence-corrected chi connectivity index (χ0v) is 22.7. The number of anilines is 1. The normalized spacial score (nSPS) is 24.8. The highest BCUT2D eigenvalue weighted by atomic mass is 16.6. The van der Waals surface area contributed by atoms with E-state index >= 15 is 0 Å². The molecule has 0 unspecified atom stereocenters. The number of nitrogens with zero attached hydrogens (tertiary/aromatic N) is 2. The van der Waals surface area contributed by atoms with Gasteiger partial charge in [-0.25, -0.2) is 4.90 Å². The maximum absolute atomic E-state index is 13.7. The molecule has 0 radical (unpaired) electrons. The number of nitro benzene ring substituents is 1. The van der Waals surface area contributed by atoms with E-state index in [9.17, 15) is 29.8 Å². The average Bonchev–Trinajstić information content (AvgIpc) is 3.16. The van der Waals surface area contributed by atoms with Gasteiger partial charge in [0.15, 0.2) is 0 Å². The highest BCUT2D eigenvalue weighted by Crippen LogP contribution is 2.51. The van der Waals surface area contributed by atoms with Gasteiger partial charge in [-0.1, -0.05) is 48.8 Å². The number of nitro groups is 1. The van der Waals surface area contributed by atoms with Crippen molar-refractivity contribution in [2.75, 3.05) is 4.90 Å². The van der Waals surface area contributed by atoms with Crippen LogP contribution in [0.15, 0.2) is 65.3 Å². The quantitative estimate of drug-likeness (QED) is 0.152. The van der Waals surface area contributed by atoms with Crippen LogP contribution in [0.2, 0.25) is 6.32 Å². The van der Waals surface area contributed by atoms with Crippen molar-refractivity contribution in [1.29, 1.82) is 0 Å². The molecule has 2 aliphatic heterocycles. The number of phenolic OH excluding ortho intramolecular Hbond substituents is 1. The number of non-ortho nitro benzene ring substituents is 1. The second-order valence-electron chi connectivity index (χ2n) is 11.0. The van der Waals surface area contributed by atoms with E-state index in [-0.39, 0.29) is 41.2 Å². The van der Waals surface area contributed by atoms with Crippen molar-refractivity contribution in [2.24, 2.45) is 17.8 Å². The summed E-state index contributed by atoms with van der Waals surface area (Å²) in [6.45, 7) is 4.08. The molecular weight excluding hydrogens is 511 g/mol. The summed E-state index contributed by atoms with van der Waals surface area (Å²) in [6.07, 6.45) is 5.46. The summed E-state index contributed by atoms with van der Waals surface area (Å²) in [5.74, 6) is -2.10. The number of carbonyl (C=O) groups is 2. The van der Waals surface area contributed by atoms with Crippen molar-refractivity contribution in [3.63, 3.8) is 0 Å². The van der Waals surface area contributed by atoms with E-state index in [1.165, 1.54) is 29.8 Å². The summed E-state index contributed by atoms with van der Waals surface area (Å²) < 4.78 is 6.03. The number of imide groups is 1. The molecule has 2 fully saturated rings. The number of amides is 2. The van der Waals surface area contributed by atoms with E-state index in [0.29, 0.717) is 19.3 Å². The van der Waals surface area contributed by atoms with Crippen LogP contribution in [0.1, 0.15) is 51.5 Å². The van der Waals surface area contributed by atoms with Crippen LogP contribution in [-0.4, -0.2) is 40.1 Å². The molecule has 1 aliphatic carbocycles. The molecule has 2 heterocycles. The largest absolute Gasteiger partial charge is 0.508 e. The highest BCUT2D eigenvalue weighted by Gasteiger charge is 2.57. The van der Waals surface area contributed by atoms with Crippen LogP contribution in [0.4, 0.5) is 11.4 Å². The fourth-order valence-corrected chi connectivity index (χ4v) is 6.68. The van der Waals surface area contributed by atoms with Gasteiger partial charge in [-0.3, -0.25) is 19.7 Å². The first-order chi connectivity index (χ1) is 19.2. The molecule has 9 nitrogen and oxygen atoms in total. The summed E-state index contributed by atoms with van der Waals surface area (Å²) >= 11 is 0. The first-order valence-electron chi connectivity index (χ1n) is 13.8. The summed E-state index contributed by atoms with van der Waals surface area (Å²) in [5.41, 5.74) is 4.11. The van der Waals surface area contributed by atoms with Gasteiger partial charge in [0.05, 0.1) is 28.6 Å². The lowest BCUT2D eigenvalue weighted by atomic mass is 9.58. The van der Waals surface area contributed by atoms with E-state index in [1.54, 1.807) is 18.2 Å². The number of allylic oxidation sites excluding steroid dienone is 2. The monoisotopic (exact) mass is 544 g/mol. The molecule has 0 aromatic heterocycles. The van der Waals surface area contributed by atoms with Gasteiger partial charge in [0, 0.05) is 12.1 Å². The highest BCUT2D eigenvalue weighted by molar-refractivity contribution is 6.43. The first-order valence-corrected chi connectivity index (χ1v) is 13.8. The number of carbonyl (C=O) groups excluding carboxylic acids is 2. The summed E-state index contributed by atoms with van der Waals surface area (Å²) in [7, 11) is -1.07. The molecule has 2 aromatic rings. The predicted molar refractivity (Wildman–Crippen MR) is 151 cm³/mol. The number of benzene rings is 2. The van der Waals surface area contributed by atoms with E-state index in [2.05, 4.69) is 13.0 Å². The molecule has 40 heavy (non-hydrogen) atoms. The zero-order chi connectivity index (χ0) is 28.6. The van der Waals surface area contributed by atoms with Crippen molar-refractivity contribution < 1.29 is 29.3 Å². The van der Waals surface area contributed by atoms with Gasteiger partial charge in [0.25, 0.3) is 5.69 Å². The minimum absolute atomic E-state index is 0.189. The van der Waals surface area contributed by atoms with E-state index in [0.717, 1.165) is 34.5 Å². The summed E-state index contributed by atoms with van der Waals surface area (Å²) in [5, 5.41) is 31.9. The Morgan fingerprint density at radius 3 is 2.65 bits per heavy atom. The minimum Gasteiger partial charge on any atom is -0.508 e. The van der Waals surface area contributed by atoms with Crippen LogP contribution >= 0.6 is 0 Å². The Bertz CT molecular complexity index is 1400. The fraction of sp³-hybridized carbons (Fsp3) is 0.400. The number of phenols is 1. The molecular formula is C30H33BN2O7. The van der Waals surface area contributed by atoms with E-state index in [1.807, 2.05) is 13.0 Å². The SMILES string of the molecule is CCC/C(=C\c1cccc(O)c1)CC[C@H]1OB(O)C[C@H]2C1=C(C)C[C@H]1C(=O)N(c3cccc([N+](=O)[O-])c3)C(=O)[C@H]12. The standard InChI is InChI=1S/C30H33BN2O7/c1-3-6-19(14-20-7-4-10-23(34)15-20)11-12-26-27-18(2)13-24-28(25(27)17-31(37)40-26)30(36)32(29(24)35)21-8-5-9-22(16-21)33(38)39/h4-5,7-10,14-16,24-26,28,34,37H,3,6,11-13,17H2,1-2H3/b19-14+/t24-,25+,26-,28-/m1/s1. The first kappa shape index (κ1) is 27.8. The second-order valence-corrected chi connectivity index (χ2v) is 11.0. The molecule has 2 amide bonds. The molecule has 0 bridgehead atoms. The molecule has 0 spiro atoms. The maximum atomic E-state index is 13.7.